The van der Waals surface area contributed by atoms with Gasteiger partial charge in [-0.15, -0.1) is 11.3 Å². The summed E-state index contributed by atoms with van der Waals surface area (Å²) in [6, 6.07) is 4.82. The molecule has 2 aliphatic rings. The first-order valence-corrected chi connectivity index (χ1v) is 10.4. The third-order valence-electron chi connectivity index (χ3n) is 5.24. The summed E-state index contributed by atoms with van der Waals surface area (Å²) in [5, 5.41) is 13.4. The summed E-state index contributed by atoms with van der Waals surface area (Å²) in [7, 11) is 0. The fraction of sp³-hybridized carbons (Fsp3) is 0.579. The first-order chi connectivity index (χ1) is 14.1. The molecule has 0 radical (unpaired) electrons. The number of nitrogens with zero attached hydrogens (tertiary/aromatic N) is 3. The van der Waals surface area contributed by atoms with Gasteiger partial charge in [-0.3, -0.25) is 9.80 Å². The van der Waals surface area contributed by atoms with E-state index < -0.39 is 12.1 Å². The highest BCUT2D eigenvalue weighted by Crippen LogP contribution is 2.27. The van der Waals surface area contributed by atoms with E-state index in [0.717, 1.165) is 50.8 Å². The van der Waals surface area contributed by atoms with E-state index in [-0.39, 0.29) is 0 Å². The van der Waals surface area contributed by atoms with Crippen LogP contribution in [0.15, 0.2) is 22.0 Å². The smallest absolute Gasteiger partial charge is 0.475 e. The lowest BCUT2D eigenvalue weighted by Crippen LogP contribution is -2.50. The molecule has 2 atom stereocenters. The number of likely N-dealkylation sites (tertiary alicyclic amines) is 1. The lowest BCUT2D eigenvalue weighted by atomic mass is 10.1. The Morgan fingerprint density at radius 3 is 2.63 bits per heavy atom. The van der Waals surface area contributed by atoms with Gasteiger partial charge >= 0.3 is 12.1 Å². The lowest BCUT2D eigenvalue weighted by Gasteiger charge is -2.36. The number of aromatic nitrogens is 1. The molecule has 11 heteroatoms. The molecule has 0 saturated carbocycles. The first kappa shape index (κ1) is 22.7. The van der Waals surface area contributed by atoms with Crippen LogP contribution < -0.4 is 0 Å². The summed E-state index contributed by atoms with van der Waals surface area (Å²) in [6.45, 7) is 9.89. The Bertz CT molecular complexity index is 821. The van der Waals surface area contributed by atoms with Gasteiger partial charge in [0.05, 0.1) is 24.4 Å². The normalized spacial score (nSPS) is 22.4. The number of rotatable bonds is 4. The molecule has 2 aliphatic heterocycles. The molecule has 166 valence electrons. The summed E-state index contributed by atoms with van der Waals surface area (Å²) in [5.41, 5.74) is 2.25. The van der Waals surface area contributed by atoms with Crippen LogP contribution in [0, 0.1) is 13.8 Å². The maximum Gasteiger partial charge on any atom is 0.490 e. The van der Waals surface area contributed by atoms with Crippen LogP contribution in [0.1, 0.15) is 21.9 Å². The minimum Gasteiger partial charge on any atom is -0.475 e. The molecule has 1 N–H and O–H groups in total. The molecule has 7 nitrogen and oxygen atoms in total. The zero-order chi connectivity index (χ0) is 21.9. The van der Waals surface area contributed by atoms with Gasteiger partial charge in [-0.25, -0.2) is 4.79 Å². The third kappa shape index (κ3) is 5.60. The summed E-state index contributed by atoms with van der Waals surface area (Å²) in [6.07, 6.45) is -4.76. The van der Waals surface area contributed by atoms with Gasteiger partial charge in [-0.1, -0.05) is 11.2 Å². The molecule has 0 amide bonds. The Morgan fingerprint density at radius 2 is 2.07 bits per heavy atom. The summed E-state index contributed by atoms with van der Waals surface area (Å²) in [5.74, 6) is -1.81. The second-order valence-electron chi connectivity index (χ2n) is 7.33. The minimum absolute atomic E-state index is 0.323. The van der Waals surface area contributed by atoms with E-state index in [1.54, 1.807) is 0 Å². The zero-order valence-corrected chi connectivity index (χ0v) is 17.5. The van der Waals surface area contributed by atoms with Gasteiger partial charge < -0.3 is 14.4 Å². The predicted molar refractivity (Wildman–Crippen MR) is 103 cm³/mol. The number of carbonyl (C=O) groups is 1. The van der Waals surface area contributed by atoms with E-state index in [9.17, 15) is 13.2 Å². The molecule has 2 aromatic rings. The highest BCUT2D eigenvalue weighted by molar-refractivity contribution is 7.09. The van der Waals surface area contributed by atoms with Crippen molar-refractivity contribution in [2.45, 2.75) is 45.3 Å². The van der Waals surface area contributed by atoms with Gasteiger partial charge in [0.1, 0.15) is 5.76 Å². The van der Waals surface area contributed by atoms with E-state index in [4.69, 9.17) is 19.2 Å². The number of carboxylic acid groups (broad SMARTS) is 1. The quantitative estimate of drug-likeness (QED) is 0.772. The monoisotopic (exact) mass is 447 g/mol. The van der Waals surface area contributed by atoms with Crippen LogP contribution >= 0.6 is 11.3 Å². The maximum atomic E-state index is 10.6. The van der Waals surface area contributed by atoms with Crippen LogP contribution in [-0.4, -0.2) is 70.6 Å². The summed E-state index contributed by atoms with van der Waals surface area (Å²) in [4.78, 5) is 15.4. The van der Waals surface area contributed by atoms with Gasteiger partial charge in [-0.2, -0.15) is 13.2 Å². The number of carboxylic acids is 1. The Labute approximate surface area is 176 Å². The van der Waals surface area contributed by atoms with E-state index in [1.807, 2.05) is 25.2 Å². The van der Waals surface area contributed by atoms with E-state index >= 15 is 0 Å². The highest BCUT2D eigenvalue weighted by Gasteiger charge is 2.40. The number of hydrogen-bond acceptors (Lipinski definition) is 7. The number of alkyl halides is 3. The zero-order valence-electron chi connectivity index (χ0n) is 16.7. The van der Waals surface area contributed by atoms with Crippen molar-refractivity contribution in [3.05, 3.63) is 39.4 Å². The number of halogens is 3. The number of hydrogen-bond donors (Lipinski definition) is 1. The van der Waals surface area contributed by atoms with Crippen LogP contribution in [0.2, 0.25) is 0 Å². The number of ether oxygens (including phenoxy) is 1. The minimum atomic E-state index is -5.08. The van der Waals surface area contributed by atoms with Crippen molar-refractivity contribution >= 4 is 17.3 Å². The van der Waals surface area contributed by atoms with Gasteiger partial charge in [0, 0.05) is 43.2 Å². The summed E-state index contributed by atoms with van der Waals surface area (Å²) < 4.78 is 43.1. The van der Waals surface area contributed by atoms with Gasteiger partial charge in [-0.05, 0) is 25.3 Å². The molecule has 0 aromatic carbocycles. The lowest BCUT2D eigenvalue weighted by molar-refractivity contribution is -0.192. The molecule has 4 heterocycles. The average molecular weight is 447 g/mol. The van der Waals surface area contributed by atoms with Gasteiger partial charge in [0.15, 0.2) is 0 Å². The standard InChI is InChI=1S/C17H23N3O2S.C2HF3O2/c1-12-15(13(2)22-18-12)9-20-5-6-21-17-11-19(10-16(17)20)8-14-4-3-7-23-14;3-2(4,5)1(6)7/h3-4,7,16-17H,5-6,8-11H2,1-2H3;(H,6,7)/t16-,17+;/m1./s1. The largest absolute Gasteiger partial charge is 0.490 e. The van der Waals surface area contributed by atoms with Crippen molar-refractivity contribution in [2.75, 3.05) is 26.2 Å². The van der Waals surface area contributed by atoms with Crippen molar-refractivity contribution in [2.24, 2.45) is 0 Å². The third-order valence-corrected chi connectivity index (χ3v) is 6.10. The summed E-state index contributed by atoms with van der Waals surface area (Å²) >= 11 is 1.83. The Kier molecular flexibility index (Phi) is 7.17. The Hall–Kier alpha value is -1.95. The van der Waals surface area contributed by atoms with Gasteiger partial charge in [0.2, 0.25) is 0 Å². The van der Waals surface area contributed by atoms with Crippen molar-refractivity contribution in [3.8, 4) is 0 Å². The SMILES string of the molecule is Cc1noc(C)c1CN1CCO[C@H]2CN(Cc3cccs3)C[C@H]21.O=C(O)C(F)(F)F. The van der Waals surface area contributed by atoms with E-state index in [2.05, 4.69) is 32.5 Å². The van der Waals surface area contributed by atoms with E-state index in [0.29, 0.717) is 12.1 Å². The van der Waals surface area contributed by atoms with Crippen molar-refractivity contribution < 1.29 is 32.3 Å². The molecule has 2 aromatic heterocycles. The molecule has 2 fully saturated rings. The Morgan fingerprint density at radius 1 is 1.33 bits per heavy atom. The molecular formula is C19H24F3N3O4S. The molecular weight excluding hydrogens is 423 g/mol. The number of aliphatic carboxylic acids is 1. The second-order valence-corrected chi connectivity index (χ2v) is 8.36. The average Bonchev–Trinajstić information content (AvgIpc) is 3.39. The molecule has 0 bridgehead atoms. The van der Waals surface area contributed by atoms with Crippen molar-refractivity contribution in [1.82, 2.24) is 15.0 Å². The topological polar surface area (TPSA) is 79.0 Å². The molecule has 0 spiro atoms. The van der Waals surface area contributed by atoms with Crippen molar-refractivity contribution in [1.29, 1.82) is 0 Å². The van der Waals surface area contributed by atoms with Crippen molar-refractivity contribution in [3.63, 3.8) is 0 Å². The van der Waals surface area contributed by atoms with Crippen LogP contribution in [0.4, 0.5) is 13.2 Å². The number of thiophene rings is 1. The number of morpholine rings is 1. The van der Waals surface area contributed by atoms with Crippen LogP contribution in [0.5, 0.6) is 0 Å². The highest BCUT2D eigenvalue weighted by atomic mass is 32.1. The van der Waals surface area contributed by atoms with Gasteiger partial charge in [0.25, 0.3) is 0 Å². The predicted octanol–water partition coefficient (Wildman–Crippen LogP) is 3.07. The fourth-order valence-corrected chi connectivity index (χ4v) is 4.46. The Balaban J connectivity index is 0.000000318. The molecule has 0 unspecified atom stereocenters. The van der Waals surface area contributed by atoms with Crippen LogP contribution in [-0.2, 0) is 22.6 Å². The van der Waals surface area contributed by atoms with Crippen LogP contribution in [0.25, 0.3) is 0 Å². The second kappa shape index (κ2) is 9.46. The molecule has 0 aliphatic carbocycles. The van der Waals surface area contributed by atoms with E-state index in [1.165, 1.54) is 10.4 Å². The molecule has 4 rings (SSSR count). The first-order valence-electron chi connectivity index (χ1n) is 9.47. The maximum absolute atomic E-state index is 10.6. The molecule has 30 heavy (non-hydrogen) atoms. The number of fused-ring (bicyclic) bond motifs is 1. The number of aryl methyl sites for hydroxylation is 2. The molecule has 2 saturated heterocycles. The van der Waals surface area contributed by atoms with Crippen LogP contribution in [0.3, 0.4) is 0 Å². The fourth-order valence-electron chi connectivity index (χ4n) is 3.71.